The van der Waals surface area contributed by atoms with Crippen LogP contribution in [0.1, 0.15) is 0 Å². The average molecular weight is 567 g/mol. The monoisotopic (exact) mass is 566 g/mol. The van der Waals surface area contributed by atoms with Crippen LogP contribution in [0, 0.1) is 0 Å². The van der Waals surface area contributed by atoms with Gasteiger partial charge in [0, 0.05) is 31.8 Å². The number of imidazole rings is 1. The summed E-state index contributed by atoms with van der Waals surface area (Å²) < 4.78 is 11.2. The summed E-state index contributed by atoms with van der Waals surface area (Å²) in [6.07, 6.45) is 0. The number of aromatic nitrogens is 2. The molecule has 0 saturated heterocycles. The molecule has 0 N–H and O–H groups in total. The minimum atomic E-state index is 0.916. The molecular formula is C39H22N2OS. The van der Waals surface area contributed by atoms with Gasteiger partial charge in [-0.2, -0.15) is 0 Å². The number of hydrogen-bond acceptors (Lipinski definition) is 3. The minimum Gasteiger partial charge on any atom is -0.455 e. The number of furan rings is 1. The first-order valence-electron chi connectivity index (χ1n) is 14.5. The van der Waals surface area contributed by atoms with E-state index in [1.807, 2.05) is 23.5 Å². The van der Waals surface area contributed by atoms with Crippen molar-refractivity contribution in [2.75, 3.05) is 0 Å². The number of para-hydroxylation sites is 4. The fourth-order valence-corrected chi connectivity index (χ4v) is 8.00. The second kappa shape index (κ2) is 8.54. The maximum absolute atomic E-state index is 6.35. The largest absolute Gasteiger partial charge is 0.455 e. The molecule has 0 radical (unpaired) electrons. The van der Waals surface area contributed by atoms with Crippen LogP contribution < -0.4 is 0 Å². The fraction of sp³-hybridized carbons (Fsp3) is 0. The van der Waals surface area contributed by atoms with Gasteiger partial charge < -0.3 is 4.42 Å². The summed E-state index contributed by atoms with van der Waals surface area (Å²) in [5.41, 5.74) is 9.50. The summed E-state index contributed by atoms with van der Waals surface area (Å²) in [6, 6.07) is 47.6. The third-order valence-corrected chi connectivity index (χ3v) is 9.97. The van der Waals surface area contributed by atoms with Crippen molar-refractivity contribution >= 4 is 80.9 Å². The molecule has 0 amide bonds. The van der Waals surface area contributed by atoms with Crippen molar-refractivity contribution in [1.82, 2.24) is 9.38 Å². The zero-order valence-corrected chi connectivity index (χ0v) is 23.7. The van der Waals surface area contributed by atoms with Gasteiger partial charge >= 0.3 is 0 Å². The van der Waals surface area contributed by atoms with Crippen LogP contribution >= 0.6 is 11.3 Å². The zero-order valence-electron chi connectivity index (χ0n) is 22.9. The lowest BCUT2D eigenvalue weighted by molar-refractivity contribution is 0.670. The van der Waals surface area contributed by atoms with Crippen molar-refractivity contribution in [3.8, 4) is 22.4 Å². The van der Waals surface area contributed by atoms with E-state index in [-0.39, 0.29) is 0 Å². The third-order valence-electron chi connectivity index (χ3n) is 8.80. The molecular weight excluding hydrogens is 545 g/mol. The van der Waals surface area contributed by atoms with Crippen molar-refractivity contribution in [1.29, 1.82) is 0 Å². The van der Waals surface area contributed by atoms with E-state index in [0.29, 0.717) is 0 Å². The number of thiophene rings is 1. The number of hydrogen-bond donors (Lipinski definition) is 0. The Morgan fingerprint density at radius 1 is 0.605 bits per heavy atom. The average Bonchev–Trinajstić information content (AvgIpc) is 3.76. The summed E-state index contributed by atoms with van der Waals surface area (Å²) in [5, 5.41) is 7.40. The normalized spacial score (nSPS) is 12.2. The Bertz CT molecular complexity index is 2730. The minimum absolute atomic E-state index is 0.916. The molecule has 0 spiro atoms. The van der Waals surface area contributed by atoms with E-state index in [2.05, 4.69) is 126 Å². The van der Waals surface area contributed by atoms with E-state index in [0.717, 1.165) is 61.0 Å². The van der Waals surface area contributed by atoms with Crippen LogP contribution in [0.4, 0.5) is 0 Å². The number of fused-ring (bicyclic) bond motifs is 12. The first-order valence-corrected chi connectivity index (χ1v) is 15.3. The van der Waals surface area contributed by atoms with Gasteiger partial charge in [0.1, 0.15) is 11.2 Å². The Morgan fingerprint density at radius 2 is 1.37 bits per heavy atom. The van der Waals surface area contributed by atoms with E-state index >= 15 is 0 Å². The predicted octanol–water partition coefficient (Wildman–Crippen LogP) is 11.2. The van der Waals surface area contributed by atoms with Gasteiger partial charge in [0.05, 0.1) is 21.4 Å². The van der Waals surface area contributed by atoms with Gasteiger partial charge in [-0.25, -0.2) is 4.98 Å². The number of benzene rings is 6. The Labute approximate surface area is 249 Å². The topological polar surface area (TPSA) is 30.4 Å². The summed E-state index contributed by atoms with van der Waals surface area (Å²) >= 11 is 1.83. The van der Waals surface area contributed by atoms with Crippen LogP contribution in [0.2, 0.25) is 0 Å². The first-order chi connectivity index (χ1) is 21.3. The molecule has 0 saturated carbocycles. The molecule has 4 heterocycles. The molecule has 0 aliphatic carbocycles. The van der Waals surface area contributed by atoms with Crippen molar-refractivity contribution in [2.24, 2.45) is 0 Å². The van der Waals surface area contributed by atoms with E-state index < -0.39 is 0 Å². The molecule has 10 aromatic rings. The molecule has 0 aliphatic rings. The van der Waals surface area contributed by atoms with Gasteiger partial charge in [0.2, 0.25) is 0 Å². The molecule has 0 aliphatic heterocycles. The molecule has 0 unspecified atom stereocenters. The van der Waals surface area contributed by atoms with E-state index in [1.165, 1.54) is 30.9 Å². The van der Waals surface area contributed by atoms with Gasteiger partial charge in [-0.15, -0.1) is 11.3 Å². The lowest BCUT2D eigenvalue weighted by atomic mass is 9.99. The molecule has 3 nitrogen and oxygen atoms in total. The SMILES string of the molecule is c1ccc2c(c1)ccc1sc3c(cc(-c4ccc(-c5cccc6c5oc5ccccc56)cc4)n4c5ccccc5nc34)c12. The molecule has 10 rings (SSSR count). The van der Waals surface area contributed by atoms with Crippen molar-refractivity contribution in [3.63, 3.8) is 0 Å². The molecule has 6 aromatic carbocycles. The molecule has 4 heteroatoms. The number of pyridine rings is 1. The summed E-state index contributed by atoms with van der Waals surface area (Å²) in [5.74, 6) is 0. The summed E-state index contributed by atoms with van der Waals surface area (Å²) in [6.45, 7) is 0. The Balaban J connectivity index is 1.24. The summed E-state index contributed by atoms with van der Waals surface area (Å²) in [7, 11) is 0. The summed E-state index contributed by atoms with van der Waals surface area (Å²) in [4.78, 5) is 5.19. The highest BCUT2D eigenvalue weighted by Gasteiger charge is 2.19. The maximum Gasteiger partial charge on any atom is 0.156 e. The number of nitrogens with zero attached hydrogens (tertiary/aromatic N) is 2. The van der Waals surface area contributed by atoms with Gasteiger partial charge in [0.25, 0.3) is 0 Å². The quantitative estimate of drug-likeness (QED) is 0.208. The van der Waals surface area contributed by atoms with Gasteiger partial charge in [-0.3, -0.25) is 4.40 Å². The third kappa shape index (κ3) is 3.21. The maximum atomic E-state index is 6.35. The lowest BCUT2D eigenvalue weighted by Crippen LogP contribution is -1.93. The molecule has 0 atom stereocenters. The van der Waals surface area contributed by atoms with E-state index in [4.69, 9.17) is 9.40 Å². The first kappa shape index (κ1) is 23.1. The van der Waals surface area contributed by atoms with Crippen LogP contribution in [0.15, 0.2) is 138 Å². The van der Waals surface area contributed by atoms with Gasteiger partial charge in [0.15, 0.2) is 5.65 Å². The highest BCUT2D eigenvalue weighted by Crippen LogP contribution is 2.43. The van der Waals surface area contributed by atoms with Crippen molar-refractivity contribution in [2.45, 2.75) is 0 Å². The van der Waals surface area contributed by atoms with Crippen LogP contribution in [0.3, 0.4) is 0 Å². The van der Waals surface area contributed by atoms with Gasteiger partial charge in [-0.1, -0.05) is 103 Å². The van der Waals surface area contributed by atoms with E-state index in [1.54, 1.807) is 0 Å². The van der Waals surface area contributed by atoms with Crippen LogP contribution in [0.5, 0.6) is 0 Å². The lowest BCUT2D eigenvalue weighted by Gasteiger charge is -2.10. The zero-order chi connectivity index (χ0) is 28.1. The fourth-order valence-electron chi connectivity index (χ4n) is 6.83. The molecule has 200 valence electrons. The van der Waals surface area contributed by atoms with Crippen molar-refractivity contribution in [3.05, 3.63) is 133 Å². The van der Waals surface area contributed by atoms with E-state index in [9.17, 15) is 0 Å². The van der Waals surface area contributed by atoms with Crippen LogP contribution in [-0.2, 0) is 0 Å². The second-order valence-electron chi connectivity index (χ2n) is 11.2. The molecule has 43 heavy (non-hydrogen) atoms. The molecule has 0 fully saturated rings. The predicted molar refractivity (Wildman–Crippen MR) is 181 cm³/mol. The second-order valence-corrected chi connectivity index (χ2v) is 12.2. The standard InChI is InChI=1S/C39H22N2OS/c1-2-9-26-23(8-1)20-21-35-36(26)30-22-33(41-32-14-5-4-13-31(32)40-39(41)38(30)43-35)25-18-16-24(17-19-25)27-11-7-12-29-28-10-3-6-15-34(28)42-37(27)29/h1-22H. The van der Waals surface area contributed by atoms with Crippen molar-refractivity contribution < 1.29 is 4.42 Å². The number of rotatable bonds is 2. The molecule has 4 aromatic heterocycles. The molecule has 0 bridgehead atoms. The smallest absolute Gasteiger partial charge is 0.156 e. The van der Waals surface area contributed by atoms with Crippen LogP contribution in [-0.4, -0.2) is 9.38 Å². The highest BCUT2D eigenvalue weighted by atomic mass is 32.1. The Kier molecular flexibility index (Phi) is 4.60. The Morgan fingerprint density at radius 3 is 2.30 bits per heavy atom. The Hall–Kier alpha value is -5.45. The highest BCUT2D eigenvalue weighted by molar-refractivity contribution is 7.26. The van der Waals surface area contributed by atoms with Gasteiger partial charge in [-0.05, 0) is 52.2 Å². The van der Waals surface area contributed by atoms with Crippen LogP contribution in [0.25, 0.3) is 91.9 Å².